The lowest BCUT2D eigenvalue weighted by atomic mass is 9.94. The van der Waals surface area contributed by atoms with Crippen LogP contribution in [-0.4, -0.2) is 22.7 Å². The van der Waals surface area contributed by atoms with E-state index in [2.05, 4.69) is 15.6 Å². The summed E-state index contributed by atoms with van der Waals surface area (Å²) in [6, 6.07) is 4.95. The fourth-order valence-corrected chi connectivity index (χ4v) is 2.96. The van der Waals surface area contributed by atoms with Crippen molar-refractivity contribution in [3.8, 4) is 0 Å². The third kappa shape index (κ3) is 6.34. The number of rotatable bonds is 7. The van der Waals surface area contributed by atoms with E-state index in [0.29, 0.717) is 6.42 Å². The molecular formula is C20H20Cl2F3N3O2. The number of nitrogens with zero attached hydrogens (tertiary/aromatic N) is 1. The van der Waals surface area contributed by atoms with Crippen molar-refractivity contribution in [1.29, 1.82) is 0 Å². The predicted molar refractivity (Wildman–Crippen MR) is 111 cm³/mol. The van der Waals surface area contributed by atoms with Crippen molar-refractivity contribution in [1.82, 2.24) is 4.98 Å². The summed E-state index contributed by atoms with van der Waals surface area (Å²) in [7, 11) is 0. The van der Waals surface area contributed by atoms with Crippen molar-refractivity contribution < 1.29 is 22.8 Å². The highest BCUT2D eigenvalue weighted by Gasteiger charge is 2.35. The average Bonchev–Trinajstić information content (AvgIpc) is 2.67. The number of benzene rings is 1. The first-order valence-corrected chi connectivity index (χ1v) is 9.96. The highest BCUT2D eigenvalue weighted by molar-refractivity contribution is 6.32. The second kappa shape index (κ2) is 10.1. The molecule has 5 nitrogen and oxygen atoms in total. The van der Waals surface area contributed by atoms with E-state index in [1.54, 1.807) is 0 Å². The Bertz CT molecular complexity index is 934. The maximum absolute atomic E-state index is 13.8. The van der Waals surface area contributed by atoms with E-state index in [1.807, 2.05) is 13.8 Å². The van der Waals surface area contributed by atoms with E-state index >= 15 is 0 Å². The first kappa shape index (κ1) is 24.0. The van der Waals surface area contributed by atoms with Gasteiger partial charge in [0.1, 0.15) is 5.88 Å². The molecule has 0 spiro atoms. The van der Waals surface area contributed by atoms with Gasteiger partial charge in [0, 0.05) is 17.4 Å². The quantitative estimate of drug-likeness (QED) is 0.405. The van der Waals surface area contributed by atoms with Crippen LogP contribution < -0.4 is 10.6 Å². The van der Waals surface area contributed by atoms with Gasteiger partial charge in [-0.15, -0.1) is 11.6 Å². The molecule has 0 bridgehead atoms. The van der Waals surface area contributed by atoms with Gasteiger partial charge in [0.25, 0.3) is 5.91 Å². The van der Waals surface area contributed by atoms with Crippen LogP contribution in [0.5, 0.6) is 0 Å². The third-order valence-corrected chi connectivity index (χ3v) is 4.74. The molecule has 30 heavy (non-hydrogen) atoms. The zero-order chi connectivity index (χ0) is 22.5. The number of hydrogen-bond donors (Lipinski definition) is 2. The van der Waals surface area contributed by atoms with Crippen LogP contribution in [0.4, 0.5) is 24.5 Å². The van der Waals surface area contributed by atoms with Gasteiger partial charge in [0.05, 0.1) is 11.3 Å². The Balaban J connectivity index is 2.55. The van der Waals surface area contributed by atoms with E-state index < -0.39 is 29.4 Å². The van der Waals surface area contributed by atoms with Crippen LogP contribution in [0.1, 0.15) is 41.8 Å². The Morgan fingerprint density at radius 2 is 1.87 bits per heavy atom. The number of amides is 2. The molecule has 0 saturated heterocycles. The fourth-order valence-electron chi connectivity index (χ4n) is 2.73. The molecule has 10 heteroatoms. The molecule has 0 aliphatic heterocycles. The molecule has 0 radical (unpaired) electrons. The van der Waals surface area contributed by atoms with Crippen LogP contribution in [0.3, 0.4) is 0 Å². The molecule has 2 N–H and O–H groups in total. The number of alkyl halides is 4. The normalized spacial score (nSPS) is 11.5. The number of carbonyl (C=O) groups is 2. The highest BCUT2D eigenvalue weighted by atomic mass is 35.5. The molecule has 162 valence electrons. The number of aromatic nitrogens is 1. The molecule has 1 aromatic heterocycles. The first-order chi connectivity index (χ1) is 14.0. The standard InChI is InChI=1S/C20H20Cl2F3N3O2/c1-11(2)5-6-13-14(20(23,24)25)8-12(9-16(13)27-17(29)10-21)19(30)28-15-4-3-7-26-18(15)22/h3-4,7-9,11H,5-6,10H2,1-2H3,(H,27,29)(H,28,30). The van der Waals surface area contributed by atoms with E-state index in [-0.39, 0.29) is 40.0 Å². The second-order valence-electron chi connectivity index (χ2n) is 6.96. The van der Waals surface area contributed by atoms with Gasteiger partial charge in [-0.2, -0.15) is 13.2 Å². The van der Waals surface area contributed by atoms with Crippen LogP contribution in [0, 0.1) is 5.92 Å². The van der Waals surface area contributed by atoms with E-state index in [0.717, 1.165) is 6.07 Å². The van der Waals surface area contributed by atoms with Crippen LogP contribution in [0.25, 0.3) is 0 Å². The second-order valence-corrected chi connectivity index (χ2v) is 7.58. The molecular weight excluding hydrogens is 442 g/mol. The minimum Gasteiger partial charge on any atom is -0.325 e. The van der Waals surface area contributed by atoms with Crippen LogP contribution in [0.15, 0.2) is 30.5 Å². The summed E-state index contributed by atoms with van der Waals surface area (Å²) < 4.78 is 41.4. The molecule has 1 aromatic carbocycles. The Hall–Kier alpha value is -2.32. The van der Waals surface area contributed by atoms with Crippen LogP contribution >= 0.6 is 23.2 Å². The number of nitrogens with one attached hydrogen (secondary N) is 2. The van der Waals surface area contributed by atoms with Gasteiger partial charge in [0.2, 0.25) is 5.91 Å². The van der Waals surface area contributed by atoms with Crippen molar-refractivity contribution >= 4 is 46.4 Å². The molecule has 2 rings (SSSR count). The largest absolute Gasteiger partial charge is 0.416 e. The van der Waals surface area contributed by atoms with Gasteiger partial charge in [-0.05, 0) is 48.6 Å². The summed E-state index contributed by atoms with van der Waals surface area (Å²) in [5.74, 6) is -1.80. The smallest absolute Gasteiger partial charge is 0.325 e. The van der Waals surface area contributed by atoms with Gasteiger partial charge in [-0.3, -0.25) is 9.59 Å². The number of anilines is 2. The third-order valence-electron chi connectivity index (χ3n) is 4.19. The van der Waals surface area contributed by atoms with Crippen molar-refractivity contribution in [3.63, 3.8) is 0 Å². The number of pyridine rings is 1. The maximum Gasteiger partial charge on any atom is 0.416 e. The number of hydrogen-bond acceptors (Lipinski definition) is 3. The van der Waals surface area contributed by atoms with Gasteiger partial charge in [-0.25, -0.2) is 4.98 Å². The Labute approximate surface area is 182 Å². The van der Waals surface area contributed by atoms with Crippen molar-refractivity contribution in [2.24, 2.45) is 5.92 Å². The summed E-state index contributed by atoms with van der Waals surface area (Å²) in [4.78, 5) is 28.2. The monoisotopic (exact) mass is 461 g/mol. The molecule has 0 saturated carbocycles. The van der Waals surface area contributed by atoms with Gasteiger partial charge in [0.15, 0.2) is 5.15 Å². The Morgan fingerprint density at radius 3 is 2.43 bits per heavy atom. The predicted octanol–water partition coefficient (Wildman–Crippen LogP) is 5.77. The van der Waals surface area contributed by atoms with Gasteiger partial charge in [-0.1, -0.05) is 25.4 Å². The molecule has 0 aliphatic rings. The minimum atomic E-state index is -4.73. The molecule has 0 aliphatic carbocycles. The average molecular weight is 462 g/mol. The number of halogens is 5. The lowest BCUT2D eigenvalue weighted by Gasteiger charge is -2.20. The molecule has 2 aromatic rings. The van der Waals surface area contributed by atoms with E-state index in [4.69, 9.17) is 23.2 Å². The number of carbonyl (C=O) groups excluding carboxylic acids is 2. The summed E-state index contributed by atoms with van der Waals surface area (Å²) in [5, 5.41) is 4.80. The summed E-state index contributed by atoms with van der Waals surface area (Å²) in [6.45, 7) is 3.76. The van der Waals surface area contributed by atoms with Crippen molar-refractivity contribution in [2.45, 2.75) is 32.9 Å². The zero-order valence-electron chi connectivity index (χ0n) is 16.2. The first-order valence-electron chi connectivity index (χ1n) is 9.04. The zero-order valence-corrected chi connectivity index (χ0v) is 17.8. The molecule has 0 unspecified atom stereocenters. The Morgan fingerprint density at radius 1 is 1.17 bits per heavy atom. The molecule has 0 fully saturated rings. The summed E-state index contributed by atoms with van der Waals surface area (Å²) >= 11 is 11.4. The molecule has 0 atom stereocenters. The van der Waals surface area contributed by atoms with E-state index in [9.17, 15) is 22.8 Å². The molecule has 2 amide bonds. The van der Waals surface area contributed by atoms with Gasteiger partial charge < -0.3 is 10.6 Å². The summed E-state index contributed by atoms with van der Waals surface area (Å²) in [6.07, 6.45) is -2.79. The molecule has 1 heterocycles. The van der Waals surface area contributed by atoms with E-state index in [1.165, 1.54) is 24.4 Å². The van der Waals surface area contributed by atoms with Gasteiger partial charge >= 0.3 is 6.18 Å². The lowest BCUT2D eigenvalue weighted by Crippen LogP contribution is -2.20. The lowest BCUT2D eigenvalue weighted by molar-refractivity contribution is -0.138. The SMILES string of the molecule is CC(C)CCc1c(NC(=O)CCl)cc(C(=O)Nc2cccnc2Cl)cc1C(F)(F)F. The topological polar surface area (TPSA) is 71.1 Å². The Kier molecular flexibility index (Phi) is 8.09. The minimum absolute atomic E-state index is 0.00823. The van der Waals surface area contributed by atoms with Crippen LogP contribution in [0.2, 0.25) is 5.15 Å². The van der Waals surface area contributed by atoms with Crippen molar-refractivity contribution in [3.05, 3.63) is 52.3 Å². The maximum atomic E-state index is 13.8. The van der Waals surface area contributed by atoms with Crippen LogP contribution in [-0.2, 0) is 17.4 Å². The fraction of sp³-hybridized carbons (Fsp3) is 0.350. The summed E-state index contributed by atoms with van der Waals surface area (Å²) in [5.41, 5.74) is -1.32. The highest BCUT2D eigenvalue weighted by Crippen LogP contribution is 2.38. The van der Waals surface area contributed by atoms with Crippen molar-refractivity contribution in [2.75, 3.05) is 16.5 Å².